The number of piperidine rings is 1. The molecule has 226 valence electrons. The molecule has 1 saturated heterocycles. The molecule has 2 aromatic rings. The lowest BCUT2D eigenvalue weighted by Gasteiger charge is -2.41. The van der Waals surface area contributed by atoms with Crippen LogP contribution in [0.5, 0.6) is 0 Å². The van der Waals surface area contributed by atoms with Gasteiger partial charge in [-0.2, -0.15) is 13.2 Å². The van der Waals surface area contributed by atoms with Gasteiger partial charge in [-0.1, -0.05) is 42.5 Å². The first-order chi connectivity index (χ1) is 19.3. The molecule has 1 aliphatic rings. The topological polar surface area (TPSA) is 86.8 Å². The van der Waals surface area contributed by atoms with Crippen LogP contribution in [0.4, 0.5) is 13.2 Å². The third-order valence-corrected chi connectivity index (χ3v) is 8.81. The molecule has 7 nitrogen and oxygen atoms in total. The minimum Gasteiger partial charge on any atom is -0.349 e. The van der Waals surface area contributed by atoms with Crippen LogP contribution in [0, 0.1) is 0 Å². The standard InChI is InChI=1S/C30H40F3N3O4S/c1-4-36(29(38)21-23-10-12-26(13-11-23)41(3,39)40)25-15-18-35(19-16-25)22(2)20-27(24-8-6-5-7-9-24)34-28(37)14-17-30(31,32)33/h5-13,22,25,27H,4,14-21H2,1-3H3,(H,34,37)/t22-,27?/m0/s1. The van der Waals surface area contributed by atoms with Gasteiger partial charge >= 0.3 is 6.18 Å². The number of amides is 2. The first-order valence-corrected chi connectivity index (χ1v) is 15.9. The molecule has 1 unspecified atom stereocenters. The molecule has 0 aromatic heterocycles. The van der Waals surface area contributed by atoms with Crippen LogP contribution in [0.2, 0.25) is 0 Å². The smallest absolute Gasteiger partial charge is 0.349 e. The van der Waals surface area contributed by atoms with Crippen molar-refractivity contribution in [3.05, 3.63) is 65.7 Å². The molecule has 1 aliphatic heterocycles. The molecular formula is C30H40F3N3O4S. The summed E-state index contributed by atoms with van der Waals surface area (Å²) >= 11 is 0. The maximum Gasteiger partial charge on any atom is 0.389 e. The van der Waals surface area contributed by atoms with Crippen LogP contribution in [0.15, 0.2) is 59.5 Å². The van der Waals surface area contributed by atoms with Crippen LogP contribution in [0.3, 0.4) is 0 Å². The first kappa shape index (κ1) is 32.6. The maximum atomic E-state index is 13.1. The van der Waals surface area contributed by atoms with E-state index in [0.717, 1.165) is 43.3 Å². The van der Waals surface area contributed by atoms with Crippen molar-refractivity contribution in [3.63, 3.8) is 0 Å². The SMILES string of the molecule is CCN(C(=O)Cc1ccc(S(C)(=O)=O)cc1)C1CCN([C@@H](C)CC(NC(=O)CCC(F)(F)F)c2ccccc2)CC1. The highest BCUT2D eigenvalue weighted by Gasteiger charge is 2.31. The second-order valence-corrected chi connectivity index (χ2v) is 12.8. The first-order valence-electron chi connectivity index (χ1n) is 14.0. The predicted octanol–water partition coefficient (Wildman–Crippen LogP) is 4.92. The van der Waals surface area contributed by atoms with Crippen molar-refractivity contribution in [2.45, 2.75) is 81.6 Å². The van der Waals surface area contributed by atoms with E-state index in [1.807, 2.05) is 42.2 Å². The number of hydrogen-bond donors (Lipinski definition) is 1. The van der Waals surface area contributed by atoms with Crippen molar-refractivity contribution in [2.75, 3.05) is 25.9 Å². The van der Waals surface area contributed by atoms with E-state index in [2.05, 4.69) is 17.1 Å². The number of benzene rings is 2. The Bertz CT molecular complexity index is 1250. The molecule has 11 heteroatoms. The lowest BCUT2D eigenvalue weighted by molar-refractivity contribution is -0.144. The summed E-state index contributed by atoms with van der Waals surface area (Å²) in [4.78, 5) is 29.9. The van der Waals surface area contributed by atoms with Gasteiger partial charge in [0.1, 0.15) is 0 Å². The Hall–Kier alpha value is -2.92. The summed E-state index contributed by atoms with van der Waals surface area (Å²) in [5.41, 5.74) is 1.61. The number of likely N-dealkylation sites (tertiary alicyclic amines) is 1. The number of nitrogens with zero attached hydrogens (tertiary/aromatic N) is 2. The molecule has 1 fully saturated rings. The number of rotatable bonds is 12. The van der Waals surface area contributed by atoms with Gasteiger partial charge in [0.15, 0.2) is 9.84 Å². The van der Waals surface area contributed by atoms with Gasteiger partial charge in [-0.3, -0.25) is 9.59 Å². The largest absolute Gasteiger partial charge is 0.389 e. The Morgan fingerprint density at radius 2 is 1.66 bits per heavy atom. The summed E-state index contributed by atoms with van der Waals surface area (Å²) in [7, 11) is -3.30. The van der Waals surface area contributed by atoms with Crippen molar-refractivity contribution in [1.29, 1.82) is 0 Å². The summed E-state index contributed by atoms with van der Waals surface area (Å²) in [6.07, 6.45) is -2.68. The highest BCUT2D eigenvalue weighted by Crippen LogP contribution is 2.26. The molecule has 41 heavy (non-hydrogen) atoms. The minimum atomic E-state index is -4.38. The average molecular weight is 596 g/mol. The highest BCUT2D eigenvalue weighted by atomic mass is 32.2. The van der Waals surface area contributed by atoms with E-state index < -0.39 is 40.8 Å². The molecular weight excluding hydrogens is 555 g/mol. The van der Waals surface area contributed by atoms with E-state index in [0.29, 0.717) is 13.0 Å². The van der Waals surface area contributed by atoms with Gasteiger partial charge < -0.3 is 15.1 Å². The number of hydrogen-bond acceptors (Lipinski definition) is 5. The van der Waals surface area contributed by atoms with Crippen LogP contribution in [-0.4, -0.2) is 74.2 Å². The van der Waals surface area contributed by atoms with Crippen LogP contribution >= 0.6 is 0 Å². The van der Waals surface area contributed by atoms with Gasteiger partial charge in [-0.15, -0.1) is 0 Å². The third-order valence-electron chi connectivity index (χ3n) is 7.68. The summed E-state index contributed by atoms with van der Waals surface area (Å²) in [6.45, 7) is 6.08. The second-order valence-electron chi connectivity index (χ2n) is 10.8. The van der Waals surface area contributed by atoms with Gasteiger partial charge in [0.25, 0.3) is 0 Å². The number of likely N-dealkylation sites (N-methyl/N-ethyl adjacent to an activating group) is 1. The van der Waals surface area contributed by atoms with Gasteiger partial charge in [-0.25, -0.2) is 8.42 Å². The maximum absolute atomic E-state index is 13.1. The number of carbonyl (C=O) groups excluding carboxylic acids is 2. The Morgan fingerprint density at radius 3 is 2.20 bits per heavy atom. The highest BCUT2D eigenvalue weighted by molar-refractivity contribution is 7.90. The number of alkyl halides is 3. The molecule has 2 aromatic carbocycles. The molecule has 3 rings (SSSR count). The fourth-order valence-corrected chi connectivity index (χ4v) is 6.01. The van der Waals surface area contributed by atoms with E-state index >= 15 is 0 Å². The molecule has 2 amide bonds. The number of halogens is 3. The summed E-state index contributed by atoms with van der Waals surface area (Å²) in [5.74, 6) is -0.623. The third kappa shape index (κ3) is 10.1. The number of sulfone groups is 1. The van der Waals surface area contributed by atoms with Gasteiger partial charge in [0.2, 0.25) is 11.8 Å². The molecule has 0 saturated carbocycles. The van der Waals surface area contributed by atoms with Crippen molar-refractivity contribution >= 4 is 21.7 Å². The lowest BCUT2D eigenvalue weighted by atomic mass is 9.95. The zero-order valence-electron chi connectivity index (χ0n) is 23.9. The van der Waals surface area contributed by atoms with Crippen molar-refractivity contribution < 1.29 is 31.2 Å². The van der Waals surface area contributed by atoms with E-state index in [9.17, 15) is 31.2 Å². The predicted molar refractivity (Wildman–Crippen MR) is 152 cm³/mol. The van der Waals surface area contributed by atoms with Crippen molar-refractivity contribution in [2.24, 2.45) is 0 Å². The average Bonchev–Trinajstić information content (AvgIpc) is 2.92. The fraction of sp³-hybridized carbons (Fsp3) is 0.533. The minimum absolute atomic E-state index is 0.00295. The molecule has 0 bridgehead atoms. The quantitative estimate of drug-likeness (QED) is 0.376. The number of nitrogens with one attached hydrogen (secondary N) is 1. The zero-order chi connectivity index (χ0) is 30.2. The van der Waals surface area contributed by atoms with Gasteiger partial charge in [-0.05, 0) is 56.4 Å². The van der Waals surface area contributed by atoms with Gasteiger partial charge in [0.05, 0.1) is 23.8 Å². The Balaban J connectivity index is 1.57. The van der Waals surface area contributed by atoms with Crippen molar-refractivity contribution in [1.82, 2.24) is 15.1 Å². The van der Waals surface area contributed by atoms with E-state index in [-0.39, 0.29) is 29.3 Å². The fourth-order valence-electron chi connectivity index (χ4n) is 5.38. The molecule has 2 atom stereocenters. The monoisotopic (exact) mass is 595 g/mol. The molecule has 0 aliphatic carbocycles. The Kier molecular flexibility index (Phi) is 11.4. The van der Waals surface area contributed by atoms with Crippen molar-refractivity contribution in [3.8, 4) is 0 Å². The Labute approximate surface area is 241 Å². The molecule has 0 radical (unpaired) electrons. The lowest BCUT2D eigenvalue weighted by Crippen LogP contribution is -2.50. The van der Waals surface area contributed by atoms with E-state index in [1.165, 1.54) is 12.1 Å². The number of carbonyl (C=O) groups is 2. The summed E-state index contributed by atoms with van der Waals surface area (Å²) < 4.78 is 61.3. The van der Waals surface area contributed by atoms with Crippen LogP contribution in [0.1, 0.15) is 63.1 Å². The molecule has 1 N–H and O–H groups in total. The Morgan fingerprint density at radius 1 is 1.05 bits per heavy atom. The van der Waals surface area contributed by atoms with Crippen LogP contribution in [0.25, 0.3) is 0 Å². The van der Waals surface area contributed by atoms with Crippen LogP contribution in [-0.2, 0) is 25.8 Å². The second kappa shape index (κ2) is 14.3. The summed E-state index contributed by atoms with van der Waals surface area (Å²) in [5, 5.41) is 2.81. The van der Waals surface area contributed by atoms with Gasteiger partial charge in [0, 0.05) is 44.4 Å². The molecule has 0 spiro atoms. The van der Waals surface area contributed by atoms with Crippen LogP contribution < -0.4 is 5.32 Å². The summed E-state index contributed by atoms with van der Waals surface area (Å²) in [6, 6.07) is 15.4. The zero-order valence-corrected chi connectivity index (χ0v) is 24.7. The van der Waals surface area contributed by atoms with E-state index in [1.54, 1.807) is 12.1 Å². The normalized spacial score (nSPS) is 16.6. The molecule has 1 heterocycles. The van der Waals surface area contributed by atoms with E-state index in [4.69, 9.17) is 0 Å².